The molecule has 2 aliphatic heterocycles. The summed E-state index contributed by atoms with van der Waals surface area (Å²) in [5.41, 5.74) is 3.46. The Morgan fingerprint density at radius 3 is 2.96 bits per heavy atom. The van der Waals surface area contributed by atoms with Crippen LogP contribution < -0.4 is 20.1 Å². The third kappa shape index (κ3) is 2.92. The van der Waals surface area contributed by atoms with E-state index in [1.165, 1.54) is 18.5 Å². The van der Waals surface area contributed by atoms with Crippen molar-refractivity contribution in [2.75, 3.05) is 25.1 Å². The molecule has 0 saturated heterocycles. The highest BCUT2D eigenvalue weighted by Gasteiger charge is 2.29. The summed E-state index contributed by atoms with van der Waals surface area (Å²) in [5.74, 6) is 1.93. The van der Waals surface area contributed by atoms with Gasteiger partial charge in [0.2, 0.25) is 0 Å². The number of nitrogens with one attached hydrogen (secondary N) is 2. The molecule has 26 heavy (non-hydrogen) atoms. The van der Waals surface area contributed by atoms with Gasteiger partial charge >= 0.3 is 0 Å². The highest BCUT2D eigenvalue weighted by Crippen LogP contribution is 2.34. The van der Waals surface area contributed by atoms with Gasteiger partial charge in [-0.1, -0.05) is 0 Å². The Morgan fingerprint density at radius 1 is 1.27 bits per heavy atom. The van der Waals surface area contributed by atoms with Crippen LogP contribution in [0.25, 0.3) is 0 Å². The number of hydrogen-bond donors (Lipinski definition) is 2. The lowest BCUT2D eigenvalue weighted by molar-refractivity contribution is 0.102. The largest absolute Gasteiger partial charge is 0.486 e. The molecule has 7 heteroatoms. The fourth-order valence-electron chi connectivity index (χ4n) is 3.61. The van der Waals surface area contributed by atoms with Gasteiger partial charge in [0.05, 0.1) is 0 Å². The van der Waals surface area contributed by atoms with E-state index in [1.807, 2.05) is 12.1 Å². The predicted molar refractivity (Wildman–Crippen MR) is 95.7 cm³/mol. The zero-order valence-electron chi connectivity index (χ0n) is 14.6. The maximum atomic E-state index is 12.9. The van der Waals surface area contributed by atoms with Crippen molar-refractivity contribution < 1.29 is 14.3 Å². The maximum Gasteiger partial charge on any atom is 0.276 e. The van der Waals surface area contributed by atoms with Crippen LogP contribution in [-0.2, 0) is 19.5 Å². The van der Waals surface area contributed by atoms with Crippen LogP contribution in [0.5, 0.6) is 11.5 Å². The fraction of sp³-hybridized carbons (Fsp3) is 0.474. The summed E-state index contributed by atoms with van der Waals surface area (Å²) in [4.78, 5) is 12.9. The molecule has 5 rings (SSSR count). The van der Waals surface area contributed by atoms with E-state index < -0.39 is 0 Å². The summed E-state index contributed by atoms with van der Waals surface area (Å²) in [5, 5.41) is 11.0. The lowest BCUT2D eigenvalue weighted by Crippen LogP contribution is -2.26. The summed E-state index contributed by atoms with van der Waals surface area (Å²) in [6, 6.07) is 5.46. The van der Waals surface area contributed by atoms with Crippen molar-refractivity contribution in [1.82, 2.24) is 15.1 Å². The summed E-state index contributed by atoms with van der Waals surface area (Å²) in [6.07, 6.45) is 3.46. The Hall–Kier alpha value is -2.54. The zero-order chi connectivity index (χ0) is 17.5. The summed E-state index contributed by atoms with van der Waals surface area (Å²) in [6.45, 7) is 3.64. The van der Waals surface area contributed by atoms with E-state index in [1.54, 1.807) is 6.07 Å². The molecule has 1 aromatic carbocycles. The Bertz CT molecular complexity index is 857. The van der Waals surface area contributed by atoms with E-state index in [4.69, 9.17) is 9.47 Å². The van der Waals surface area contributed by atoms with Crippen LogP contribution in [0.15, 0.2) is 18.2 Å². The molecule has 0 spiro atoms. The lowest BCUT2D eigenvalue weighted by Gasteiger charge is -2.19. The molecule has 7 nitrogen and oxygen atoms in total. The number of carbonyl (C=O) groups is 1. The number of amides is 1. The first kappa shape index (κ1) is 15.7. The molecule has 0 bridgehead atoms. The van der Waals surface area contributed by atoms with E-state index in [9.17, 15) is 4.79 Å². The predicted octanol–water partition coefficient (Wildman–Crippen LogP) is 1.96. The maximum absolute atomic E-state index is 12.9. The van der Waals surface area contributed by atoms with Crippen molar-refractivity contribution in [2.45, 2.75) is 32.4 Å². The molecule has 1 saturated carbocycles. The summed E-state index contributed by atoms with van der Waals surface area (Å²) < 4.78 is 13.2. The van der Waals surface area contributed by atoms with Gasteiger partial charge < -0.3 is 20.1 Å². The number of aromatic nitrogens is 2. The number of anilines is 1. The van der Waals surface area contributed by atoms with E-state index >= 15 is 0 Å². The van der Waals surface area contributed by atoms with Gasteiger partial charge in [-0.15, -0.1) is 0 Å². The molecule has 3 aliphatic rings. The highest BCUT2D eigenvalue weighted by atomic mass is 16.6. The molecule has 0 atom stereocenters. The molecular weight excluding hydrogens is 332 g/mol. The van der Waals surface area contributed by atoms with Crippen LogP contribution in [0.4, 0.5) is 5.69 Å². The van der Waals surface area contributed by atoms with E-state index in [0.29, 0.717) is 42.6 Å². The minimum absolute atomic E-state index is 0.170. The lowest BCUT2D eigenvalue weighted by atomic mass is 10.1. The van der Waals surface area contributed by atoms with Crippen molar-refractivity contribution in [2.24, 2.45) is 5.92 Å². The third-order valence-corrected chi connectivity index (χ3v) is 5.15. The molecule has 2 aromatic rings. The van der Waals surface area contributed by atoms with Crippen LogP contribution in [-0.4, -0.2) is 35.4 Å². The topological polar surface area (TPSA) is 77.4 Å². The number of hydrogen-bond acceptors (Lipinski definition) is 5. The third-order valence-electron chi connectivity index (χ3n) is 5.15. The molecule has 1 amide bonds. The minimum Gasteiger partial charge on any atom is -0.486 e. The first-order valence-electron chi connectivity index (χ1n) is 9.28. The molecule has 0 unspecified atom stereocenters. The van der Waals surface area contributed by atoms with Gasteiger partial charge in [0.25, 0.3) is 5.91 Å². The van der Waals surface area contributed by atoms with Gasteiger partial charge in [-0.3, -0.25) is 9.48 Å². The SMILES string of the molecule is O=C(Nc1ccc2c(c1)OCCO2)c1nn(CC2CC2)c2c1CNCC2. The standard InChI is InChI=1S/C19H22N4O3/c24-19(21-13-3-4-16-17(9-13)26-8-7-25-16)18-14-10-20-6-5-15(14)23(22-18)11-12-1-2-12/h3-4,9,12,20H,1-2,5-8,10-11H2,(H,21,24). The number of rotatable bonds is 4. The van der Waals surface area contributed by atoms with E-state index in [-0.39, 0.29) is 5.91 Å². The van der Waals surface area contributed by atoms with Gasteiger partial charge in [0.15, 0.2) is 17.2 Å². The van der Waals surface area contributed by atoms with Gasteiger partial charge in [0.1, 0.15) is 13.2 Å². The van der Waals surface area contributed by atoms with E-state index in [2.05, 4.69) is 20.4 Å². The average molecular weight is 354 g/mol. The summed E-state index contributed by atoms with van der Waals surface area (Å²) >= 11 is 0. The van der Waals surface area contributed by atoms with Crippen LogP contribution >= 0.6 is 0 Å². The molecule has 1 fully saturated rings. The Balaban J connectivity index is 1.40. The van der Waals surface area contributed by atoms with Crippen molar-refractivity contribution in [3.8, 4) is 11.5 Å². The second kappa shape index (κ2) is 6.32. The number of nitrogens with zero attached hydrogens (tertiary/aromatic N) is 2. The van der Waals surface area contributed by atoms with Crippen LogP contribution in [0.1, 0.15) is 34.6 Å². The van der Waals surface area contributed by atoms with Gasteiger partial charge in [-0.05, 0) is 30.9 Å². The highest BCUT2D eigenvalue weighted by molar-refractivity contribution is 6.04. The first-order valence-corrected chi connectivity index (χ1v) is 9.28. The van der Waals surface area contributed by atoms with Crippen molar-refractivity contribution in [1.29, 1.82) is 0 Å². The van der Waals surface area contributed by atoms with Gasteiger partial charge in [0, 0.05) is 49.1 Å². The number of ether oxygens (including phenoxy) is 2. The van der Waals surface area contributed by atoms with Crippen molar-refractivity contribution in [3.05, 3.63) is 35.2 Å². The van der Waals surface area contributed by atoms with Crippen LogP contribution in [0, 0.1) is 5.92 Å². The second-order valence-electron chi connectivity index (χ2n) is 7.14. The molecule has 1 aliphatic carbocycles. The molecular formula is C19H22N4O3. The van der Waals surface area contributed by atoms with Crippen LogP contribution in [0.2, 0.25) is 0 Å². The molecule has 136 valence electrons. The van der Waals surface area contributed by atoms with Gasteiger partial charge in [-0.25, -0.2) is 0 Å². The molecule has 3 heterocycles. The fourth-order valence-corrected chi connectivity index (χ4v) is 3.61. The zero-order valence-corrected chi connectivity index (χ0v) is 14.6. The van der Waals surface area contributed by atoms with Gasteiger partial charge in [-0.2, -0.15) is 5.10 Å². The average Bonchev–Trinajstić information content (AvgIpc) is 3.41. The molecule has 2 N–H and O–H groups in total. The monoisotopic (exact) mass is 354 g/mol. The normalized spacial score (nSPS) is 18.3. The van der Waals surface area contributed by atoms with E-state index in [0.717, 1.165) is 31.0 Å². The first-order chi connectivity index (χ1) is 12.8. The summed E-state index contributed by atoms with van der Waals surface area (Å²) in [7, 11) is 0. The Morgan fingerprint density at radius 2 is 2.12 bits per heavy atom. The van der Waals surface area contributed by atoms with Crippen molar-refractivity contribution >= 4 is 11.6 Å². The van der Waals surface area contributed by atoms with Crippen LogP contribution in [0.3, 0.4) is 0 Å². The number of fused-ring (bicyclic) bond motifs is 2. The van der Waals surface area contributed by atoms with Crippen molar-refractivity contribution in [3.63, 3.8) is 0 Å². The smallest absolute Gasteiger partial charge is 0.276 e. The minimum atomic E-state index is -0.170. The Labute approximate surface area is 151 Å². The quantitative estimate of drug-likeness (QED) is 0.878. The second-order valence-corrected chi connectivity index (χ2v) is 7.14. The number of carbonyl (C=O) groups excluding carboxylic acids is 1. The molecule has 1 aromatic heterocycles. The Kier molecular flexibility index (Phi) is 3.81. The molecule has 0 radical (unpaired) electrons. The number of benzene rings is 1.